The molecule has 4 nitrogen and oxygen atoms in total. The third-order valence-electron chi connectivity index (χ3n) is 3.05. The molecule has 16 heavy (non-hydrogen) atoms. The minimum atomic E-state index is 0.568. The van der Waals surface area contributed by atoms with Crippen molar-refractivity contribution >= 4 is 5.96 Å². The summed E-state index contributed by atoms with van der Waals surface area (Å²) in [5.74, 6) is 1.16. The van der Waals surface area contributed by atoms with E-state index < -0.39 is 0 Å². The van der Waals surface area contributed by atoms with Crippen LogP contribution < -0.4 is 11.1 Å². The smallest absolute Gasteiger partial charge is 0.188 e. The van der Waals surface area contributed by atoms with Crippen LogP contribution in [0.3, 0.4) is 0 Å². The molecule has 0 aromatic carbocycles. The summed E-state index contributed by atoms with van der Waals surface area (Å²) in [5, 5.41) is 3.23. The molecule has 0 aromatic rings. The van der Waals surface area contributed by atoms with E-state index in [1.54, 1.807) is 0 Å². The number of hydrogen-bond acceptors (Lipinski definition) is 2. The van der Waals surface area contributed by atoms with Gasteiger partial charge in [0, 0.05) is 19.1 Å². The summed E-state index contributed by atoms with van der Waals surface area (Å²) in [6.45, 7) is 10.6. The molecule has 0 saturated carbocycles. The van der Waals surface area contributed by atoms with Crippen molar-refractivity contribution in [1.29, 1.82) is 0 Å². The molecule has 1 atom stereocenters. The largest absolute Gasteiger partial charge is 0.370 e. The summed E-state index contributed by atoms with van der Waals surface area (Å²) in [5.41, 5.74) is 5.81. The molecule has 3 N–H and O–H groups in total. The van der Waals surface area contributed by atoms with Crippen molar-refractivity contribution in [2.45, 2.75) is 39.7 Å². The van der Waals surface area contributed by atoms with Gasteiger partial charge >= 0.3 is 0 Å². The van der Waals surface area contributed by atoms with Crippen molar-refractivity contribution in [3.05, 3.63) is 0 Å². The van der Waals surface area contributed by atoms with Crippen molar-refractivity contribution < 1.29 is 0 Å². The molecule has 1 fully saturated rings. The topological polar surface area (TPSA) is 53.6 Å². The minimum absolute atomic E-state index is 0.568. The Bertz CT molecular complexity index is 225. The number of nitrogens with one attached hydrogen (secondary N) is 1. The van der Waals surface area contributed by atoms with E-state index in [-0.39, 0.29) is 0 Å². The van der Waals surface area contributed by atoms with E-state index in [0.29, 0.717) is 17.9 Å². The van der Waals surface area contributed by atoms with Crippen LogP contribution in [0.5, 0.6) is 0 Å². The van der Waals surface area contributed by atoms with Gasteiger partial charge in [-0.25, -0.2) is 0 Å². The lowest BCUT2D eigenvalue weighted by molar-refractivity contribution is 0.267. The lowest BCUT2D eigenvalue weighted by Crippen LogP contribution is -2.42. The van der Waals surface area contributed by atoms with E-state index in [4.69, 9.17) is 5.73 Å². The molecular formula is C12H26N4. The Labute approximate surface area is 99.3 Å². The molecule has 1 saturated heterocycles. The molecule has 0 amide bonds. The van der Waals surface area contributed by atoms with Crippen LogP contribution >= 0.6 is 0 Å². The van der Waals surface area contributed by atoms with E-state index >= 15 is 0 Å². The Morgan fingerprint density at radius 1 is 1.56 bits per heavy atom. The van der Waals surface area contributed by atoms with Crippen LogP contribution in [0.1, 0.15) is 33.6 Å². The molecule has 1 aliphatic heterocycles. The predicted molar refractivity (Wildman–Crippen MR) is 69.6 cm³/mol. The average Bonchev–Trinajstić information content (AvgIpc) is 2.70. The van der Waals surface area contributed by atoms with Gasteiger partial charge in [-0.3, -0.25) is 9.89 Å². The number of likely N-dealkylation sites (N-methyl/N-ethyl adjacent to an activating group) is 1. The first-order valence-electron chi connectivity index (χ1n) is 6.41. The molecule has 94 valence electrons. The summed E-state index contributed by atoms with van der Waals surface area (Å²) in [4.78, 5) is 6.80. The third-order valence-corrected chi connectivity index (χ3v) is 3.05. The van der Waals surface area contributed by atoms with Gasteiger partial charge in [-0.15, -0.1) is 0 Å². The zero-order chi connectivity index (χ0) is 12.0. The Balaban J connectivity index is 2.25. The maximum atomic E-state index is 5.81. The van der Waals surface area contributed by atoms with E-state index in [9.17, 15) is 0 Å². The fourth-order valence-corrected chi connectivity index (χ4v) is 2.10. The molecule has 4 heteroatoms. The first-order valence-corrected chi connectivity index (χ1v) is 6.41. The highest BCUT2D eigenvalue weighted by atomic mass is 15.2. The normalized spacial score (nSPS) is 23.0. The van der Waals surface area contributed by atoms with Crippen LogP contribution in [0.25, 0.3) is 0 Å². The highest BCUT2D eigenvalue weighted by Gasteiger charge is 2.22. The Morgan fingerprint density at radius 3 is 2.94 bits per heavy atom. The quantitative estimate of drug-likeness (QED) is 0.544. The van der Waals surface area contributed by atoms with E-state index in [1.807, 2.05) is 0 Å². The Hall–Kier alpha value is -0.770. The van der Waals surface area contributed by atoms with E-state index in [1.165, 1.54) is 19.4 Å². The first-order chi connectivity index (χ1) is 7.63. The maximum Gasteiger partial charge on any atom is 0.188 e. The zero-order valence-electron chi connectivity index (χ0n) is 10.9. The van der Waals surface area contributed by atoms with Crippen LogP contribution in [0.15, 0.2) is 4.99 Å². The maximum absolute atomic E-state index is 5.81. The summed E-state index contributed by atoms with van der Waals surface area (Å²) in [6.07, 6.45) is 2.58. The van der Waals surface area contributed by atoms with Gasteiger partial charge in [0.2, 0.25) is 0 Å². The first kappa shape index (κ1) is 13.3. The monoisotopic (exact) mass is 226 g/mol. The van der Waals surface area contributed by atoms with E-state index in [0.717, 1.165) is 19.6 Å². The van der Waals surface area contributed by atoms with Crippen LogP contribution in [0, 0.1) is 5.92 Å². The van der Waals surface area contributed by atoms with Gasteiger partial charge in [0.25, 0.3) is 0 Å². The minimum Gasteiger partial charge on any atom is -0.370 e. The molecule has 0 radical (unpaired) electrons. The van der Waals surface area contributed by atoms with E-state index in [2.05, 4.69) is 36.0 Å². The van der Waals surface area contributed by atoms with Crippen LogP contribution in [0.2, 0.25) is 0 Å². The molecule has 0 bridgehead atoms. The van der Waals surface area contributed by atoms with Gasteiger partial charge in [0.05, 0.1) is 0 Å². The molecular weight excluding hydrogens is 200 g/mol. The summed E-state index contributed by atoms with van der Waals surface area (Å²) in [6, 6.07) is 0.637. The number of nitrogens with zero attached hydrogens (tertiary/aromatic N) is 2. The molecule has 1 aliphatic rings. The van der Waals surface area contributed by atoms with Gasteiger partial charge in [-0.2, -0.15) is 0 Å². The standard InChI is InChI=1S/C12H26N4/c1-4-16-7-5-6-11(16)9-15-12(13)14-8-10(2)3/h10-11H,4-9H2,1-3H3,(H3,13,14,15). The van der Waals surface area contributed by atoms with Gasteiger partial charge in [-0.1, -0.05) is 20.8 Å². The lowest BCUT2D eigenvalue weighted by atomic mass is 10.2. The second-order valence-electron chi connectivity index (χ2n) is 4.93. The summed E-state index contributed by atoms with van der Waals surface area (Å²) >= 11 is 0. The zero-order valence-corrected chi connectivity index (χ0v) is 10.9. The van der Waals surface area contributed by atoms with Crippen molar-refractivity contribution in [2.24, 2.45) is 16.6 Å². The van der Waals surface area contributed by atoms with Crippen molar-refractivity contribution in [1.82, 2.24) is 10.2 Å². The number of hydrogen-bond donors (Lipinski definition) is 2. The molecule has 1 heterocycles. The molecule has 1 unspecified atom stereocenters. The SMILES string of the molecule is CCN1CCCC1CNC(N)=NCC(C)C. The Kier molecular flexibility index (Phi) is 5.60. The molecule has 0 spiro atoms. The van der Waals surface area contributed by atoms with Crippen molar-refractivity contribution in [3.8, 4) is 0 Å². The van der Waals surface area contributed by atoms with Crippen LogP contribution in [0.4, 0.5) is 0 Å². The number of aliphatic imine (C=N–C) groups is 1. The molecule has 0 aliphatic carbocycles. The summed E-state index contributed by atoms with van der Waals surface area (Å²) < 4.78 is 0. The second-order valence-corrected chi connectivity index (χ2v) is 4.93. The second kappa shape index (κ2) is 6.74. The van der Waals surface area contributed by atoms with Crippen LogP contribution in [-0.4, -0.2) is 43.1 Å². The van der Waals surface area contributed by atoms with Gasteiger partial charge < -0.3 is 11.1 Å². The number of likely N-dealkylation sites (tertiary alicyclic amines) is 1. The number of guanidine groups is 1. The lowest BCUT2D eigenvalue weighted by Gasteiger charge is -2.23. The van der Waals surface area contributed by atoms with Gasteiger partial charge in [0.1, 0.15) is 0 Å². The van der Waals surface area contributed by atoms with Gasteiger partial charge in [-0.05, 0) is 31.8 Å². The number of nitrogens with two attached hydrogens (primary N) is 1. The third kappa shape index (κ3) is 4.39. The Morgan fingerprint density at radius 2 is 2.31 bits per heavy atom. The number of rotatable bonds is 5. The highest BCUT2D eigenvalue weighted by Crippen LogP contribution is 2.15. The summed E-state index contributed by atoms with van der Waals surface area (Å²) in [7, 11) is 0. The fourth-order valence-electron chi connectivity index (χ4n) is 2.10. The van der Waals surface area contributed by atoms with Crippen molar-refractivity contribution in [2.75, 3.05) is 26.2 Å². The van der Waals surface area contributed by atoms with Crippen LogP contribution in [-0.2, 0) is 0 Å². The average molecular weight is 226 g/mol. The molecule has 1 rings (SSSR count). The van der Waals surface area contributed by atoms with Gasteiger partial charge in [0.15, 0.2) is 5.96 Å². The fraction of sp³-hybridized carbons (Fsp3) is 0.917. The highest BCUT2D eigenvalue weighted by molar-refractivity contribution is 5.77. The molecule has 0 aromatic heterocycles. The predicted octanol–water partition coefficient (Wildman–Crippen LogP) is 1.03. The van der Waals surface area contributed by atoms with Crippen molar-refractivity contribution in [3.63, 3.8) is 0 Å².